The number of rotatable bonds is 75. The van der Waals surface area contributed by atoms with E-state index in [2.05, 4.69) is 72.8 Å². The molecule has 0 amide bonds. The second-order valence-electron chi connectivity index (χ2n) is 28.7. The summed E-state index contributed by atoms with van der Waals surface area (Å²) >= 11 is 0. The van der Waals surface area contributed by atoms with Gasteiger partial charge in [-0.15, -0.1) is 0 Å². The van der Waals surface area contributed by atoms with Crippen LogP contribution in [0, 0.1) is 17.8 Å². The van der Waals surface area contributed by atoms with Crippen LogP contribution in [-0.4, -0.2) is 96.7 Å². The molecular weight excluding hydrogens is 1280 g/mol. The van der Waals surface area contributed by atoms with Gasteiger partial charge in [-0.2, -0.15) is 0 Å². The van der Waals surface area contributed by atoms with Crippen molar-refractivity contribution in [3.63, 3.8) is 0 Å². The monoisotopic (exact) mass is 1430 g/mol. The van der Waals surface area contributed by atoms with Gasteiger partial charge in [-0.3, -0.25) is 37.3 Å². The molecule has 0 aliphatic carbocycles. The largest absolute Gasteiger partial charge is 0.472 e. The number of aliphatic hydroxyl groups excluding tert-OH is 1. The highest BCUT2D eigenvalue weighted by Crippen LogP contribution is 2.45. The van der Waals surface area contributed by atoms with Gasteiger partial charge in [0.15, 0.2) is 12.2 Å². The van der Waals surface area contributed by atoms with E-state index >= 15 is 0 Å². The van der Waals surface area contributed by atoms with Gasteiger partial charge >= 0.3 is 39.5 Å². The van der Waals surface area contributed by atoms with Gasteiger partial charge in [-0.1, -0.05) is 330 Å². The first-order valence-corrected chi connectivity index (χ1v) is 43.2. The van der Waals surface area contributed by atoms with Crippen LogP contribution in [0.25, 0.3) is 0 Å². The van der Waals surface area contributed by atoms with Crippen molar-refractivity contribution in [2.24, 2.45) is 17.8 Å². The molecule has 0 saturated heterocycles. The van der Waals surface area contributed by atoms with Crippen LogP contribution in [0.4, 0.5) is 0 Å². The van der Waals surface area contributed by atoms with Crippen molar-refractivity contribution in [1.82, 2.24) is 0 Å². The molecule has 0 bridgehead atoms. The van der Waals surface area contributed by atoms with Gasteiger partial charge in [-0.25, -0.2) is 9.13 Å². The van der Waals surface area contributed by atoms with Crippen LogP contribution in [0.15, 0.2) is 24.3 Å². The smallest absolute Gasteiger partial charge is 0.462 e. The Balaban J connectivity index is 5.24. The molecular formula is C79H150O17P2. The number of hydrogen-bond acceptors (Lipinski definition) is 15. The topological polar surface area (TPSA) is 237 Å². The molecule has 0 aromatic carbocycles. The molecule has 0 aromatic rings. The molecule has 0 saturated carbocycles. The van der Waals surface area contributed by atoms with Crippen molar-refractivity contribution in [1.29, 1.82) is 0 Å². The Labute approximate surface area is 599 Å². The van der Waals surface area contributed by atoms with Crippen LogP contribution >= 0.6 is 15.6 Å². The molecule has 3 N–H and O–H groups in total. The van der Waals surface area contributed by atoms with Gasteiger partial charge in [0, 0.05) is 25.7 Å². The van der Waals surface area contributed by atoms with Gasteiger partial charge in [0.1, 0.15) is 19.3 Å². The van der Waals surface area contributed by atoms with E-state index in [4.69, 9.17) is 37.0 Å². The maximum absolute atomic E-state index is 13.1. The third kappa shape index (κ3) is 69.3. The lowest BCUT2D eigenvalue weighted by atomic mass is 9.99. The summed E-state index contributed by atoms with van der Waals surface area (Å²) in [4.78, 5) is 72.9. The van der Waals surface area contributed by atoms with E-state index in [9.17, 15) is 43.2 Å². The molecule has 578 valence electrons. The number of carbonyl (C=O) groups is 4. The van der Waals surface area contributed by atoms with E-state index in [1.165, 1.54) is 173 Å². The third-order valence-corrected chi connectivity index (χ3v) is 20.4. The van der Waals surface area contributed by atoms with Gasteiger partial charge in [0.2, 0.25) is 0 Å². The third-order valence-electron chi connectivity index (χ3n) is 18.5. The molecule has 4 unspecified atom stereocenters. The van der Waals surface area contributed by atoms with Crippen molar-refractivity contribution in [3.8, 4) is 0 Å². The Morgan fingerprint density at radius 2 is 0.602 bits per heavy atom. The number of carbonyl (C=O) groups excluding carboxylic acids is 4. The Bertz CT molecular complexity index is 2000. The first-order chi connectivity index (χ1) is 47.3. The highest BCUT2D eigenvalue weighted by molar-refractivity contribution is 7.47. The molecule has 0 spiro atoms. The van der Waals surface area contributed by atoms with Crippen LogP contribution < -0.4 is 0 Å². The zero-order chi connectivity index (χ0) is 72.3. The second-order valence-corrected chi connectivity index (χ2v) is 31.6. The summed E-state index contributed by atoms with van der Waals surface area (Å²) in [6.45, 7) is 11.8. The lowest BCUT2D eigenvalue weighted by Crippen LogP contribution is -2.30. The molecule has 0 aliphatic heterocycles. The fourth-order valence-corrected chi connectivity index (χ4v) is 13.1. The van der Waals surface area contributed by atoms with Crippen LogP contribution in [-0.2, 0) is 65.4 Å². The van der Waals surface area contributed by atoms with Crippen LogP contribution in [0.1, 0.15) is 382 Å². The van der Waals surface area contributed by atoms with Crippen LogP contribution in [0.3, 0.4) is 0 Å². The fraction of sp³-hybridized carbons (Fsp3) is 0.899. The molecule has 7 atom stereocenters. The normalized spacial score (nSPS) is 14.7. The van der Waals surface area contributed by atoms with E-state index in [0.717, 1.165) is 127 Å². The quantitative estimate of drug-likeness (QED) is 0.0169. The van der Waals surface area contributed by atoms with Crippen LogP contribution in [0.5, 0.6) is 0 Å². The first-order valence-electron chi connectivity index (χ1n) is 40.2. The zero-order valence-corrected chi connectivity index (χ0v) is 65.5. The summed E-state index contributed by atoms with van der Waals surface area (Å²) in [5.74, 6) is 0.176. The zero-order valence-electron chi connectivity index (χ0n) is 63.7. The molecule has 19 heteroatoms. The lowest BCUT2D eigenvalue weighted by Gasteiger charge is -2.21. The number of hydrogen-bond donors (Lipinski definition) is 3. The molecule has 0 rings (SSSR count). The van der Waals surface area contributed by atoms with Gasteiger partial charge in [0.05, 0.1) is 26.4 Å². The Hall–Kier alpha value is -2.46. The molecule has 98 heavy (non-hydrogen) atoms. The van der Waals surface area contributed by atoms with Crippen molar-refractivity contribution < 1.29 is 80.2 Å². The predicted octanol–water partition coefficient (Wildman–Crippen LogP) is 22.9. The molecule has 0 aromatic heterocycles. The average molecular weight is 1430 g/mol. The van der Waals surface area contributed by atoms with Gasteiger partial charge in [0.25, 0.3) is 0 Å². The highest BCUT2D eigenvalue weighted by Gasteiger charge is 2.30. The number of ether oxygens (including phenoxy) is 4. The lowest BCUT2D eigenvalue weighted by molar-refractivity contribution is -0.161. The summed E-state index contributed by atoms with van der Waals surface area (Å²) in [6.07, 6.45) is 59.1. The van der Waals surface area contributed by atoms with E-state index in [1.807, 2.05) is 0 Å². The first kappa shape index (κ1) is 95.5. The summed E-state index contributed by atoms with van der Waals surface area (Å²) in [6, 6.07) is 0. The van der Waals surface area contributed by atoms with E-state index in [0.29, 0.717) is 25.7 Å². The fourth-order valence-electron chi connectivity index (χ4n) is 11.5. The van der Waals surface area contributed by atoms with E-state index in [-0.39, 0.29) is 25.7 Å². The van der Waals surface area contributed by atoms with Crippen molar-refractivity contribution in [2.45, 2.75) is 401 Å². The average Bonchev–Trinajstić information content (AvgIpc) is 1.02. The minimum absolute atomic E-state index is 0.0843. The minimum Gasteiger partial charge on any atom is -0.462 e. The SMILES string of the molecule is CCCCCC/C=C\C=C/CCCCCCCC(=O)O[C@H](COC(=O)CCCCCCCCCCC(C)CC)COP(=O)(O)OC[C@@H](O)COP(=O)(O)OC[C@@H](COC(=O)CCCCCCCCC(C)CC)OC(=O)CCCCCCCCCCCCCCCCCCCCC(C)C. The van der Waals surface area contributed by atoms with Gasteiger partial charge < -0.3 is 33.8 Å². The Morgan fingerprint density at radius 1 is 0.337 bits per heavy atom. The van der Waals surface area contributed by atoms with Crippen molar-refractivity contribution >= 4 is 39.5 Å². The molecule has 0 fully saturated rings. The summed E-state index contributed by atoms with van der Waals surface area (Å²) in [5.41, 5.74) is 0. The molecule has 17 nitrogen and oxygen atoms in total. The molecule has 0 radical (unpaired) electrons. The number of unbranched alkanes of at least 4 members (excludes halogenated alkanes) is 38. The molecule has 0 aliphatic rings. The number of phosphoric ester groups is 2. The summed E-state index contributed by atoms with van der Waals surface area (Å²) < 4.78 is 68.6. The number of phosphoric acid groups is 2. The van der Waals surface area contributed by atoms with Gasteiger partial charge in [-0.05, 0) is 69.1 Å². The number of allylic oxidation sites excluding steroid dienone is 4. The maximum Gasteiger partial charge on any atom is 0.472 e. The minimum atomic E-state index is -4.97. The standard InChI is InChI=1S/C79H150O17P2/c1-8-11-12-13-14-15-16-17-22-26-29-32-39-48-55-62-78(83)95-74(66-89-76(81)60-53-46-38-35-34-37-44-51-58-71(6)9-2)68-93-97(85,86)91-64-73(80)65-92-98(87,88)94-69-75(67-90-77(82)61-54-47-42-41-45-52-59-72(7)10-3)96-79(84)63-56-49-40-33-30-27-24-21-19-18-20-23-25-28-31-36-43-50-57-70(4)5/h15-17,22,70-75,80H,8-14,18-21,23-69H2,1-7H3,(H,85,86)(H,87,88)/b16-15-,22-17-/t71?,72?,73-,74-,75-/m1/s1. The van der Waals surface area contributed by atoms with Crippen molar-refractivity contribution in [3.05, 3.63) is 24.3 Å². The maximum atomic E-state index is 13.1. The second kappa shape index (κ2) is 68.9. The van der Waals surface area contributed by atoms with E-state index < -0.39 is 97.5 Å². The Morgan fingerprint density at radius 3 is 0.908 bits per heavy atom. The number of esters is 4. The van der Waals surface area contributed by atoms with E-state index in [1.54, 1.807) is 0 Å². The van der Waals surface area contributed by atoms with Crippen molar-refractivity contribution in [2.75, 3.05) is 39.6 Å². The van der Waals surface area contributed by atoms with Crippen LogP contribution in [0.2, 0.25) is 0 Å². The predicted molar refractivity (Wildman–Crippen MR) is 400 cm³/mol. The summed E-state index contributed by atoms with van der Waals surface area (Å²) in [5, 5.41) is 10.6. The Kier molecular flexibility index (Phi) is 67.2. The number of aliphatic hydroxyl groups is 1. The highest BCUT2D eigenvalue weighted by atomic mass is 31.2. The molecule has 0 heterocycles. The summed E-state index contributed by atoms with van der Waals surface area (Å²) in [7, 11) is -9.93.